The maximum absolute atomic E-state index is 4.46. The maximum Gasteiger partial charge on any atom is 0.182 e. The summed E-state index contributed by atoms with van der Waals surface area (Å²) in [5.41, 5.74) is 1.85. The van der Waals surface area contributed by atoms with E-state index in [9.17, 15) is 0 Å². The fourth-order valence-corrected chi connectivity index (χ4v) is 1.79. The SMILES string of the molecule is Cc1cccc(-c2nnc3n2CCN=C3)n1. The fraction of sp³-hybridized carbons (Fsp3) is 0.273. The maximum atomic E-state index is 4.46. The zero-order valence-corrected chi connectivity index (χ0v) is 8.96. The number of hydrogen-bond acceptors (Lipinski definition) is 4. The third-order valence-electron chi connectivity index (χ3n) is 2.56. The normalized spacial score (nSPS) is 13.8. The molecule has 0 aromatic carbocycles. The average Bonchev–Trinajstić information content (AvgIpc) is 2.72. The van der Waals surface area contributed by atoms with E-state index in [1.165, 1.54) is 0 Å². The molecule has 0 atom stereocenters. The molecular weight excluding hydrogens is 202 g/mol. The zero-order valence-electron chi connectivity index (χ0n) is 8.96. The first-order chi connectivity index (χ1) is 7.84. The van der Waals surface area contributed by atoms with E-state index in [4.69, 9.17) is 0 Å². The molecule has 0 saturated carbocycles. The lowest BCUT2D eigenvalue weighted by atomic mass is 10.3. The molecule has 2 aromatic heterocycles. The lowest BCUT2D eigenvalue weighted by molar-refractivity contribution is 0.691. The molecule has 1 aliphatic rings. The number of nitrogens with zero attached hydrogens (tertiary/aromatic N) is 5. The van der Waals surface area contributed by atoms with E-state index in [0.29, 0.717) is 0 Å². The number of aromatic nitrogens is 4. The Labute approximate surface area is 92.9 Å². The molecule has 5 heteroatoms. The van der Waals surface area contributed by atoms with Crippen molar-refractivity contribution in [3.63, 3.8) is 0 Å². The van der Waals surface area contributed by atoms with Crippen molar-refractivity contribution < 1.29 is 0 Å². The van der Waals surface area contributed by atoms with Gasteiger partial charge in [0.05, 0.1) is 12.8 Å². The minimum atomic E-state index is 0.782. The minimum absolute atomic E-state index is 0.782. The average molecular weight is 213 g/mol. The summed E-state index contributed by atoms with van der Waals surface area (Å²) in [6.45, 7) is 3.58. The van der Waals surface area contributed by atoms with Gasteiger partial charge in [-0.2, -0.15) is 0 Å². The number of rotatable bonds is 1. The summed E-state index contributed by atoms with van der Waals surface area (Å²) in [7, 11) is 0. The van der Waals surface area contributed by atoms with Gasteiger partial charge in [0.1, 0.15) is 5.69 Å². The van der Waals surface area contributed by atoms with Crippen molar-refractivity contribution in [2.45, 2.75) is 13.5 Å². The Hall–Kier alpha value is -2.04. The molecule has 3 rings (SSSR count). The topological polar surface area (TPSA) is 56.0 Å². The van der Waals surface area contributed by atoms with Gasteiger partial charge in [0.15, 0.2) is 11.6 Å². The van der Waals surface area contributed by atoms with Crippen LogP contribution in [0.1, 0.15) is 11.5 Å². The standard InChI is InChI=1S/C11H11N5/c1-8-3-2-4-9(13-8)11-15-14-10-7-12-5-6-16(10)11/h2-4,7H,5-6H2,1H3. The van der Waals surface area contributed by atoms with Crippen molar-refractivity contribution in [3.8, 4) is 11.5 Å². The van der Waals surface area contributed by atoms with Gasteiger partial charge in [-0.3, -0.25) is 4.99 Å². The molecule has 0 radical (unpaired) electrons. The molecule has 2 aromatic rings. The highest BCUT2D eigenvalue weighted by Crippen LogP contribution is 2.17. The first-order valence-corrected chi connectivity index (χ1v) is 5.21. The largest absolute Gasteiger partial charge is 0.303 e. The lowest BCUT2D eigenvalue weighted by Gasteiger charge is -2.09. The van der Waals surface area contributed by atoms with Crippen molar-refractivity contribution in [2.24, 2.45) is 4.99 Å². The van der Waals surface area contributed by atoms with Crippen LogP contribution in [0.2, 0.25) is 0 Å². The van der Waals surface area contributed by atoms with Gasteiger partial charge in [0.2, 0.25) is 0 Å². The number of aliphatic imine (C=N–C) groups is 1. The van der Waals surface area contributed by atoms with Gasteiger partial charge < -0.3 is 4.57 Å². The monoisotopic (exact) mass is 213 g/mol. The summed E-state index contributed by atoms with van der Waals surface area (Å²) in [6, 6.07) is 5.91. The molecule has 0 fully saturated rings. The molecule has 0 unspecified atom stereocenters. The van der Waals surface area contributed by atoms with Crippen LogP contribution in [0.15, 0.2) is 23.2 Å². The molecule has 0 amide bonds. The molecule has 0 saturated heterocycles. The highest BCUT2D eigenvalue weighted by molar-refractivity contribution is 5.76. The predicted octanol–water partition coefficient (Wildman–Crippen LogP) is 1.08. The Balaban J connectivity index is 2.14. The van der Waals surface area contributed by atoms with Crippen LogP contribution >= 0.6 is 0 Å². The molecule has 1 aliphatic heterocycles. The van der Waals surface area contributed by atoms with Gasteiger partial charge in [-0.25, -0.2) is 4.98 Å². The van der Waals surface area contributed by atoms with E-state index < -0.39 is 0 Å². The Bertz CT molecular complexity index is 555. The van der Waals surface area contributed by atoms with E-state index in [1.54, 1.807) is 6.21 Å². The minimum Gasteiger partial charge on any atom is -0.303 e. The molecule has 0 aliphatic carbocycles. The van der Waals surface area contributed by atoms with Crippen LogP contribution < -0.4 is 0 Å². The van der Waals surface area contributed by atoms with Crippen LogP contribution in [-0.4, -0.2) is 32.5 Å². The first kappa shape index (κ1) is 9.21. The van der Waals surface area contributed by atoms with Crippen LogP contribution in [0.25, 0.3) is 11.5 Å². The van der Waals surface area contributed by atoms with Crippen LogP contribution in [-0.2, 0) is 6.54 Å². The summed E-state index contributed by atoms with van der Waals surface area (Å²) >= 11 is 0. The predicted molar refractivity (Wildman–Crippen MR) is 60.5 cm³/mol. The lowest BCUT2D eigenvalue weighted by Crippen LogP contribution is -2.12. The molecule has 0 spiro atoms. The Kier molecular flexibility index (Phi) is 2.02. The molecule has 3 heterocycles. The number of pyridine rings is 1. The second-order valence-electron chi connectivity index (χ2n) is 3.73. The van der Waals surface area contributed by atoms with Gasteiger partial charge in [-0.1, -0.05) is 6.07 Å². The second-order valence-corrected chi connectivity index (χ2v) is 3.73. The number of aryl methyl sites for hydroxylation is 1. The first-order valence-electron chi connectivity index (χ1n) is 5.21. The van der Waals surface area contributed by atoms with Crippen molar-refractivity contribution in [3.05, 3.63) is 29.7 Å². The van der Waals surface area contributed by atoms with Crippen LogP contribution in [0.5, 0.6) is 0 Å². The van der Waals surface area contributed by atoms with Gasteiger partial charge in [-0.15, -0.1) is 10.2 Å². The van der Waals surface area contributed by atoms with Gasteiger partial charge >= 0.3 is 0 Å². The highest BCUT2D eigenvalue weighted by atomic mass is 15.3. The fourth-order valence-electron chi connectivity index (χ4n) is 1.79. The molecule has 0 N–H and O–H groups in total. The molecule has 16 heavy (non-hydrogen) atoms. The van der Waals surface area contributed by atoms with Crippen molar-refractivity contribution in [1.29, 1.82) is 0 Å². The van der Waals surface area contributed by atoms with Crippen molar-refractivity contribution in [2.75, 3.05) is 6.54 Å². The summed E-state index contributed by atoms with van der Waals surface area (Å²) in [4.78, 5) is 8.63. The molecule has 5 nitrogen and oxygen atoms in total. The van der Waals surface area contributed by atoms with E-state index in [0.717, 1.165) is 36.1 Å². The Morgan fingerprint density at radius 3 is 3.06 bits per heavy atom. The third-order valence-corrected chi connectivity index (χ3v) is 2.56. The van der Waals surface area contributed by atoms with Gasteiger partial charge in [-0.05, 0) is 19.1 Å². The summed E-state index contributed by atoms with van der Waals surface area (Å²) in [5, 5.41) is 8.25. The van der Waals surface area contributed by atoms with Crippen LogP contribution in [0.3, 0.4) is 0 Å². The van der Waals surface area contributed by atoms with Crippen molar-refractivity contribution >= 4 is 6.21 Å². The summed E-state index contributed by atoms with van der Waals surface area (Å²) in [6.07, 6.45) is 1.76. The third kappa shape index (κ3) is 1.41. The highest BCUT2D eigenvalue weighted by Gasteiger charge is 2.15. The summed E-state index contributed by atoms with van der Waals surface area (Å²) in [5.74, 6) is 1.63. The second kappa shape index (κ2) is 3.52. The van der Waals surface area contributed by atoms with Crippen LogP contribution in [0.4, 0.5) is 0 Å². The van der Waals surface area contributed by atoms with Gasteiger partial charge in [0, 0.05) is 12.2 Å². The summed E-state index contributed by atoms with van der Waals surface area (Å²) < 4.78 is 2.05. The number of hydrogen-bond donors (Lipinski definition) is 0. The Morgan fingerprint density at radius 2 is 2.19 bits per heavy atom. The van der Waals surface area contributed by atoms with Gasteiger partial charge in [0.25, 0.3) is 0 Å². The molecular formula is C11H11N5. The van der Waals surface area contributed by atoms with Crippen LogP contribution in [0, 0.1) is 6.92 Å². The van der Waals surface area contributed by atoms with E-state index >= 15 is 0 Å². The van der Waals surface area contributed by atoms with E-state index in [2.05, 4.69) is 24.7 Å². The zero-order chi connectivity index (χ0) is 11.0. The smallest absolute Gasteiger partial charge is 0.182 e. The number of fused-ring (bicyclic) bond motifs is 1. The van der Waals surface area contributed by atoms with Crippen molar-refractivity contribution in [1.82, 2.24) is 19.7 Å². The molecule has 0 bridgehead atoms. The van der Waals surface area contributed by atoms with E-state index in [1.807, 2.05) is 25.1 Å². The molecule has 80 valence electrons. The quantitative estimate of drug-likeness (QED) is 0.712. The Morgan fingerprint density at radius 1 is 1.25 bits per heavy atom. The van der Waals surface area contributed by atoms with E-state index in [-0.39, 0.29) is 0 Å².